The Labute approximate surface area is 124 Å². The van der Waals surface area contributed by atoms with Gasteiger partial charge in [0.15, 0.2) is 0 Å². The molecular formula is C14H17BrO3S. The molecule has 0 amide bonds. The number of benzene rings is 1. The topological polar surface area (TPSA) is 54.4 Å². The van der Waals surface area contributed by atoms with Gasteiger partial charge in [0, 0.05) is 9.72 Å². The minimum absolute atomic E-state index is 0.0867. The van der Waals surface area contributed by atoms with E-state index >= 15 is 0 Å². The van der Waals surface area contributed by atoms with Crippen LogP contribution in [0.2, 0.25) is 0 Å². The van der Waals surface area contributed by atoms with Gasteiger partial charge < -0.3 is 5.11 Å². The van der Waals surface area contributed by atoms with Crippen LogP contribution >= 0.6 is 15.9 Å². The van der Waals surface area contributed by atoms with Gasteiger partial charge in [0.05, 0.1) is 21.3 Å². The number of carboxylic acid groups (broad SMARTS) is 1. The molecule has 0 aromatic heterocycles. The number of carbonyl (C=O) groups is 1. The number of hydrogen-bond acceptors (Lipinski definition) is 2. The van der Waals surface area contributed by atoms with E-state index in [2.05, 4.69) is 22.9 Å². The largest absolute Gasteiger partial charge is 0.478 e. The second-order valence-corrected chi connectivity index (χ2v) is 7.74. The van der Waals surface area contributed by atoms with Gasteiger partial charge in [-0.05, 0) is 49.8 Å². The third kappa shape index (κ3) is 3.45. The van der Waals surface area contributed by atoms with E-state index in [1.807, 2.05) is 0 Å². The fraction of sp³-hybridized carbons (Fsp3) is 0.500. The third-order valence-electron chi connectivity index (χ3n) is 3.66. The van der Waals surface area contributed by atoms with Crippen molar-refractivity contribution in [1.82, 2.24) is 0 Å². The first-order chi connectivity index (χ1) is 8.99. The van der Waals surface area contributed by atoms with Gasteiger partial charge >= 0.3 is 5.97 Å². The maximum atomic E-state index is 12.6. The molecule has 1 aromatic rings. The second kappa shape index (κ2) is 6.18. The Balaban J connectivity index is 2.27. The first kappa shape index (κ1) is 14.7. The van der Waals surface area contributed by atoms with Gasteiger partial charge in [-0.2, -0.15) is 0 Å². The molecule has 0 bridgehead atoms. The van der Waals surface area contributed by atoms with Gasteiger partial charge in [0.1, 0.15) is 0 Å². The Bertz CT molecular complexity index is 507. The molecule has 1 aromatic carbocycles. The van der Waals surface area contributed by atoms with Gasteiger partial charge in [-0.25, -0.2) is 4.79 Å². The minimum atomic E-state index is -1.24. The van der Waals surface area contributed by atoms with Crippen molar-refractivity contribution in [2.45, 2.75) is 42.8 Å². The lowest BCUT2D eigenvalue weighted by Gasteiger charge is -2.25. The molecule has 1 fully saturated rings. The summed E-state index contributed by atoms with van der Waals surface area (Å²) >= 11 is 3.32. The Kier molecular flexibility index (Phi) is 4.79. The zero-order chi connectivity index (χ0) is 14.0. The molecule has 1 atom stereocenters. The van der Waals surface area contributed by atoms with Crippen molar-refractivity contribution >= 4 is 32.7 Å². The van der Waals surface area contributed by atoms with Gasteiger partial charge in [0.2, 0.25) is 0 Å². The molecule has 0 spiro atoms. The van der Waals surface area contributed by atoms with E-state index in [0.717, 1.165) is 30.2 Å². The van der Waals surface area contributed by atoms with E-state index in [0.29, 0.717) is 10.8 Å². The summed E-state index contributed by atoms with van der Waals surface area (Å²) in [6.07, 6.45) is 3.98. The Morgan fingerprint density at radius 3 is 2.53 bits per heavy atom. The number of aromatic carboxylic acids is 1. The molecule has 0 aliphatic heterocycles. The SMILES string of the molecule is CC1CCC(S(=O)c2cc(Br)ccc2C(=O)O)CC1. The van der Waals surface area contributed by atoms with Crippen molar-refractivity contribution in [2.75, 3.05) is 0 Å². The Morgan fingerprint density at radius 2 is 1.95 bits per heavy atom. The summed E-state index contributed by atoms with van der Waals surface area (Å²) in [5.74, 6) is -0.324. The summed E-state index contributed by atoms with van der Waals surface area (Å²) in [7, 11) is -1.24. The maximum Gasteiger partial charge on any atom is 0.336 e. The molecular weight excluding hydrogens is 328 g/mol. The number of rotatable bonds is 3. The Morgan fingerprint density at radius 1 is 1.32 bits per heavy atom. The number of hydrogen-bond donors (Lipinski definition) is 1. The molecule has 3 nitrogen and oxygen atoms in total. The van der Waals surface area contributed by atoms with E-state index in [4.69, 9.17) is 0 Å². The highest BCUT2D eigenvalue weighted by Crippen LogP contribution is 2.31. The summed E-state index contributed by atoms with van der Waals surface area (Å²) in [5, 5.41) is 9.28. The predicted octanol–water partition coefficient (Wildman–Crippen LogP) is 3.83. The van der Waals surface area contributed by atoms with Crippen molar-refractivity contribution in [3.63, 3.8) is 0 Å². The summed E-state index contributed by atoms with van der Waals surface area (Å²) in [6, 6.07) is 4.87. The van der Waals surface area contributed by atoms with Crippen LogP contribution in [0, 0.1) is 5.92 Å². The molecule has 19 heavy (non-hydrogen) atoms. The van der Waals surface area contributed by atoms with Crippen molar-refractivity contribution in [1.29, 1.82) is 0 Å². The molecule has 0 heterocycles. The normalized spacial score (nSPS) is 24.9. The molecule has 1 aliphatic carbocycles. The van der Waals surface area contributed by atoms with Crippen molar-refractivity contribution < 1.29 is 14.1 Å². The van der Waals surface area contributed by atoms with Crippen LogP contribution in [0.5, 0.6) is 0 Å². The fourth-order valence-electron chi connectivity index (χ4n) is 2.46. The first-order valence-corrected chi connectivity index (χ1v) is 8.43. The summed E-state index contributed by atoms with van der Waals surface area (Å²) in [6.45, 7) is 2.21. The lowest BCUT2D eigenvalue weighted by atomic mass is 9.91. The number of carboxylic acids is 1. The van der Waals surface area contributed by atoms with Gasteiger partial charge in [0.25, 0.3) is 0 Å². The molecule has 0 saturated heterocycles. The Hall–Kier alpha value is -0.680. The fourth-order valence-corrected chi connectivity index (χ4v) is 4.65. The maximum absolute atomic E-state index is 12.6. The van der Waals surface area contributed by atoms with E-state index in [1.165, 1.54) is 6.07 Å². The highest BCUT2D eigenvalue weighted by atomic mass is 79.9. The highest BCUT2D eigenvalue weighted by Gasteiger charge is 2.27. The van der Waals surface area contributed by atoms with Crippen LogP contribution in [0.3, 0.4) is 0 Å². The molecule has 5 heteroatoms. The van der Waals surface area contributed by atoms with E-state index in [9.17, 15) is 14.1 Å². The van der Waals surface area contributed by atoms with Crippen molar-refractivity contribution in [2.24, 2.45) is 5.92 Å². The molecule has 0 radical (unpaired) electrons. The zero-order valence-electron chi connectivity index (χ0n) is 10.8. The van der Waals surface area contributed by atoms with Crippen LogP contribution in [0.4, 0.5) is 0 Å². The number of halogens is 1. The molecule has 1 aliphatic rings. The lowest BCUT2D eigenvalue weighted by molar-refractivity contribution is 0.0693. The van der Waals surface area contributed by atoms with Crippen LogP contribution < -0.4 is 0 Å². The summed E-state index contributed by atoms with van der Waals surface area (Å²) < 4.78 is 13.4. The average molecular weight is 345 g/mol. The minimum Gasteiger partial charge on any atom is -0.478 e. The quantitative estimate of drug-likeness (QED) is 0.906. The van der Waals surface area contributed by atoms with Gasteiger partial charge in [-0.15, -0.1) is 0 Å². The summed E-state index contributed by atoms with van der Waals surface area (Å²) in [4.78, 5) is 11.7. The monoisotopic (exact) mass is 344 g/mol. The highest BCUT2D eigenvalue weighted by molar-refractivity contribution is 9.10. The van der Waals surface area contributed by atoms with Crippen LogP contribution in [0.15, 0.2) is 27.6 Å². The standard InChI is InChI=1S/C14H17BrO3S/c1-9-2-5-11(6-3-9)19(18)13-8-10(15)4-7-12(13)14(16)17/h4,7-9,11H,2-3,5-6H2,1H3,(H,16,17). The van der Waals surface area contributed by atoms with E-state index in [1.54, 1.807) is 12.1 Å². The second-order valence-electron chi connectivity index (χ2n) is 5.12. The van der Waals surface area contributed by atoms with Crippen LogP contribution in [-0.2, 0) is 10.8 Å². The molecule has 1 unspecified atom stereocenters. The predicted molar refractivity (Wildman–Crippen MR) is 78.9 cm³/mol. The third-order valence-corrected chi connectivity index (χ3v) is 6.00. The average Bonchev–Trinajstić information content (AvgIpc) is 2.38. The zero-order valence-corrected chi connectivity index (χ0v) is 13.2. The van der Waals surface area contributed by atoms with Crippen molar-refractivity contribution in [3.05, 3.63) is 28.2 Å². The lowest BCUT2D eigenvalue weighted by Crippen LogP contribution is -2.23. The van der Waals surface area contributed by atoms with Gasteiger partial charge in [-0.3, -0.25) is 4.21 Å². The summed E-state index contributed by atoms with van der Waals surface area (Å²) in [5.41, 5.74) is 0.153. The van der Waals surface area contributed by atoms with Crippen molar-refractivity contribution in [3.8, 4) is 0 Å². The van der Waals surface area contributed by atoms with Crippen LogP contribution in [0.25, 0.3) is 0 Å². The van der Waals surface area contributed by atoms with Gasteiger partial charge in [-0.1, -0.05) is 22.9 Å². The molecule has 1 saturated carbocycles. The first-order valence-electron chi connectivity index (χ1n) is 6.42. The van der Waals surface area contributed by atoms with Crippen LogP contribution in [0.1, 0.15) is 43.0 Å². The smallest absolute Gasteiger partial charge is 0.336 e. The van der Waals surface area contributed by atoms with E-state index in [-0.39, 0.29) is 10.8 Å². The van der Waals surface area contributed by atoms with Crippen LogP contribution in [-0.4, -0.2) is 20.5 Å². The molecule has 1 N–H and O–H groups in total. The molecule has 104 valence electrons. The molecule has 2 rings (SSSR count). The van der Waals surface area contributed by atoms with E-state index < -0.39 is 16.8 Å².